The molecule has 0 amide bonds. The largest absolute Gasteiger partial charge is 0.493 e. The summed E-state index contributed by atoms with van der Waals surface area (Å²) in [4.78, 5) is 7.26. The predicted molar refractivity (Wildman–Crippen MR) is 122 cm³/mol. The first kappa shape index (κ1) is 21.3. The Balaban J connectivity index is 1.57. The van der Waals surface area contributed by atoms with Crippen molar-refractivity contribution in [2.24, 2.45) is 4.99 Å². The molecule has 1 aliphatic heterocycles. The van der Waals surface area contributed by atoms with Crippen molar-refractivity contribution in [2.45, 2.75) is 39.3 Å². The number of anilines is 1. The van der Waals surface area contributed by atoms with Crippen molar-refractivity contribution in [3.8, 4) is 11.5 Å². The van der Waals surface area contributed by atoms with Crippen molar-refractivity contribution >= 4 is 22.3 Å². The lowest BCUT2D eigenvalue weighted by molar-refractivity contribution is 0.310. The molecule has 1 aliphatic rings. The van der Waals surface area contributed by atoms with Crippen LogP contribution in [0.2, 0.25) is 0 Å². The van der Waals surface area contributed by atoms with Crippen molar-refractivity contribution in [3.63, 3.8) is 0 Å². The van der Waals surface area contributed by atoms with E-state index < -0.39 is 0 Å². The molecule has 6 nitrogen and oxygen atoms in total. The number of guanidine groups is 1. The fraction of sp³-hybridized carbons (Fsp3) is 0.500. The first-order chi connectivity index (χ1) is 14.2. The molecule has 0 aliphatic carbocycles. The standard InChI is InChI=1S/C22H32N4O2S/c1-4-23-22(24-16-17-8-9-19(28-5-2)20(15-17)27-3)25-18-10-12-26(13-11-18)21-7-6-14-29-21/h6-9,14-15,18H,4-5,10-13,16H2,1-3H3,(H2,23,24,25). The fourth-order valence-electron chi connectivity index (χ4n) is 3.46. The van der Waals surface area contributed by atoms with Crippen molar-refractivity contribution in [1.29, 1.82) is 0 Å². The maximum absolute atomic E-state index is 5.59. The molecular weight excluding hydrogens is 384 g/mol. The number of benzene rings is 1. The molecule has 0 saturated carbocycles. The van der Waals surface area contributed by atoms with Crippen LogP contribution in [0.1, 0.15) is 32.3 Å². The highest BCUT2D eigenvalue weighted by atomic mass is 32.1. The third-order valence-corrected chi connectivity index (χ3v) is 5.87. The van der Waals surface area contributed by atoms with Crippen LogP contribution >= 0.6 is 11.3 Å². The maximum atomic E-state index is 5.59. The van der Waals surface area contributed by atoms with E-state index in [0.29, 0.717) is 19.2 Å². The van der Waals surface area contributed by atoms with Gasteiger partial charge < -0.3 is 25.0 Å². The Bertz CT molecular complexity index is 771. The lowest BCUT2D eigenvalue weighted by Gasteiger charge is -2.33. The normalized spacial score (nSPS) is 15.3. The first-order valence-corrected chi connectivity index (χ1v) is 11.2. The molecule has 0 unspecified atom stereocenters. The predicted octanol–water partition coefficient (Wildman–Crippen LogP) is 3.88. The van der Waals surface area contributed by atoms with Crippen molar-refractivity contribution in [2.75, 3.05) is 38.3 Å². The summed E-state index contributed by atoms with van der Waals surface area (Å²) < 4.78 is 11.0. The SMILES string of the molecule is CCNC(=NCc1ccc(OCC)c(OC)c1)NC1CCN(c2cccs2)CC1. The average Bonchev–Trinajstić information content (AvgIpc) is 3.28. The number of aliphatic imine (C=N–C) groups is 1. The number of thiophene rings is 1. The van der Waals surface area contributed by atoms with Gasteiger partial charge in [-0.25, -0.2) is 4.99 Å². The van der Waals surface area contributed by atoms with Gasteiger partial charge in [0.25, 0.3) is 0 Å². The van der Waals surface area contributed by atoms with Gasteiger partial charge >= 0.3 is 0 Å². The highest BCUT2D eigenvalue weighted by Gasteiger charge is 2.20. The zero-order chi connectivity index (χ0) is 20.5. The number of ether oxygens (including phenoxy) is 2. The number of hydrogen-bond acceptors (Lipinski definition) is 5. The van der Waals surface area contributed by atoms with E-state index in [-0.39, 0.29) is 0 Å². The van der Waals surface area contributed by atoms with Gasteiger partial charge in [0, 0.05) is 25.7 Å². The molecule has 2 N–H and O–H groups in total. The highest BCUT2D eigenvalue weighted by Crippen LogP contribution is 2.28. The Kier molecular flexibility index (Phi) is 8.04. The zero-order valence-corrected chi connectivity index (χ0v) is 18.4. The lowest BCUT2D eigenvalue weighted by Crippen LogP contribution is -2.48. The molecule has 158 valence electrons. The molecular formula is C22H32N4O2S. The van der Waals surface area contributed by atoms with Crippen LogP contribution < -0.4 is 25.0 Å². The van der Waals surface area contributed by atoms with Crippen LogP contribution in [0.15, 0.2) is 40.7 Å². The maximum Gasteiger partial charge on any atom is 0.191 e. The Labute approximate surface area is 177 Å². The molecule has 1 fully saturated rings. The van der Waals surface area contributed by atoms with Gasteiger partial charge in [0.2, 0.25) is 0 Å². The molecule has 1 saturated heterocycles. The molecule has 0 spiro atoms. The summed E-state index contributed by atoms with van der Waals surface area (Å²) in [7, 11) is 1.67. The van der Waals surface area contributed by atoms with Crippen molar-refractivity contribution in [1.82, 2.24) is 10.6 Å². The number of methoxy groups -OCH3 is 1. The fourth-order valence-corrected chi connectivity index (χ4v) is 4.25. The average molecular weight is 417 g/mol. The number of piperidine rings is 1. The van der Waals surface area contributed by atoms with Crippen LogP contribution in [0.3, 0.4) is 0 Å². The van der Waals surface area contributed by atoms with Gasteiger partial charge in [-0.15, -0.1) is 11.3 Å². The minimum atomic E-state index is 0.443. The Morgan fingerprint density at radius 2 is 2.03 bits per heavy atom. The van der Waals surface area contributed by atoms with Crippen LogP contribution in [0.5, 0.6) is 11.5 Å². The summed E-state index contributed by atoms with van der Waals surface area (Å²) in [6.07, 6.45) is 2.22. The van der Waals surface area contributed by atoms with Crippen LogP contribution in [0.4, 0.5) is 5.00 Å². The summed E-state index contributed by atoms with van der Waals surface area (Å²) in [5, 5.41) is 10.5. The number of rotatable bonds is 8. The van der Waals surface area contributed by atoms with E-state index in [1.807, 2.05) is 36.5 Å². The molecule has 1 aromatic heterocycles. The van der Waals surface area contributed by atoms with E-state index in [1.54, 1.807) is 7.11 Å². The van der Waals surface area contributed by atoms with E-state index in [9.17, 15) is 0 Å². The smallest absolute Gasteiger partial charge is 0.191 e. The molecule has 7 heteroatoms. The molecule has 3 rings (SSSR count). The van der Waals surface area contributed by atoms with Crippen LogP contribution in [-0.4, -0.2) is 45.4 Å². The van der Waals surface area contributed by atoms with E-state index >= 15 is 0 Å². The second kappa shape index (κ2) is 11.0. The van der Waals surface area contributed by atoms with Gasteiger partial charge in [0.05, 0.1) is 25.3 Å². The second-order valence-electron chi connectivity index (χ2n) is 6.97. The molecule has 0 radical (unpaired) electrons. The molecule has 0 bridgehead atoms. The van der Waals surface area contributed by atoms with E-state index in [0.717, 1.165) is 55.5 Å². The summed E-state index contributed by atoms with van der Waals surface area (Å²) >= 11 is 1.82. The zero-order valence-electron chi connectivity index (χ0n) is 17.6. The van der Waals surface area contributed by atoms with Gasteiger partial charge in [-0.2, -0.15) is 0 Å². The van der Waals surface area contributed by atoms with Gasteiger partial charge in [0.1, 0.15) is 0 Å². The summed E-state index contributed by atoms with van der Waals surface area (Å²) in [6.45, 7) is 8.26. The number of hydrogen-bond donors (Lipinski definition) is 2. The van der Waals surface area contributed by atoms with Crippen LogP contribution in [0.25, 0.3) is 0 Å². The minimum Gasteiger partial charge on any atom is -0.493 e. The van der Waals surface area contributed by atoms with Gasteiger partial charge in [0.15, 0.2) is 17.5 Å². The van der Waals surface area contributed by atoms with Crippen LogP contribution in [0, 0.1) is 0 Å². The summed E-state index contributed by atoms with van der Waals surface area (Å²) in [6, 6.07) is 10.8. The number of nitrogens with zero attached hydrogens (tertiary/aromatic N) is 2. The highest BCUT2D eigenvalue weighted by molar-refractivity contribution is 7.14. The molecule has 29 heavy (non-hydrogen) atoms. The third-order valence-electron chi connectivity index (χ3n) is 4.95. The quantitative estimate of drug-likeness (QED) is 0.505. The van der Waals surface area contributed by atoms with E-state index in [1.165, 1.54) is 5.00 Å². The minimum absolute atomic E-state index is 0.443. The van der Waals surface area contributed by atoms with Gasteiger partial charge in [-0.3, -0.25) is 0 Å². The summed E-state index contributed by atoms with van der Waals surface area (Å²) in [5.74, 6) is 2.39. The van der Waals surface area contributed by atoms with E-state index in [2.05, 4.69) is 40.0 Å². The molecule has 2 aromatic rings. The number of nitrogens with one attached hydrogen (secondary N) is 2. The van der Waals surface area contributed by atoms with Gasteiger partial charge in [-0.1, -0.05) is 6.07 Å². The lowest BCUT2D eigenvalue weighted by atomic mass is 10.1. The van der Waals surface area contributed by atoms with Crippen LogP contribution in [-0.2, 0) is 6.54 Å². The van der Waals surface area contributed by atoms with Crippen molar-refractivity contribution in [3.05, 3.63) is 41.3 Å². The van der Waals surface area contributed by atoms with E-state index in [4.69, 9.17) is 14.5 Å². The molecule has 2 heterocycles. The third kappa shape index (κ3) is 6.03. The second-order valence-corrected chi connectivity index (χ2v) is 7.90. The molecule has 0 atom stereocenters. The monoisotopic (exact) mass is 416 g/mol. The van der Waals surface area contributed by atoms with Crippen molar-refractivity contribution < 1.29 is 9.47 Å². The topological polar surface area (TPSA) is 58.1 Å². The Morgan fingerprint density at radius 1 is 1.21 bits per heavy atom. The summed E-state index contributed by atoms with van der Waals surface area (Å²) in [5.41, 5.74) is 1.09. The molecule has 1 aromatic carbocycles. The van der Waals surface area contributed by atoms with Gasteiger partial charge in [-0.05, 0) is 61.9 Å². The Morgan fingerprint density at radius 3 is 2.69 bits per heavy atom. The first-order valence-electron chi connectivity index (χ1n) is 10.4. The Hall–Kier alpha value is -2.41.